The third-order valence-corrected chi connectivity index (χ3v) is 5.38. The number of para-hydroxylation sites is 1. The highest BCUT2D eigenvalue weighted by molar-refractivity contribution is 7.13. The lowest BCUT2D eigenvalue weighted by atomic mass is 10.2. The van der Waals surface area contributed by atoms with E-state index in [-0.39, 0.29) is 24.2 Å². The van der Waals surface area contributed by atoms with Gasteiger partial charge in [-0.25, -0.2) is 9.78 Å². The molecule has 0 saturated heterocycles. The zero-order chi connectivity index (χ0) is 22.4. The molecule has 8 heteroatoms. The predicted molar refractivity (Wildman–Crippen MR) is 120 cm³/mol. The lowest BCUT2D eigenvalue weighted by molar-refractivity contribution is -0.122. The molecule has 0 bridgehead atoms. The highest BCUT2D eigenvalue weighted by atomic mass is 32.1. The molecule has 0 radical (unpaired) electrons. The Morgan fingerprint density at radius 1 is 1.03 bits per heavy atom. The summed E-state index contributed by atoms with van der Waals surface area (Å²) in [5.74, 6) is 0.228. The van der Waals surface area contributed by atoms with E-state index in [4.69, 9.17) is 14.2 Å². The second kappa shape index (κ2) is 10.1. The Morgan fingerprint density at radius 3 is 2.39 bits per heavy atom. The molecule has 0 atom stereocenters. The van der Waals surface area contributed by atoms with E-state index in [2.05, 4.69) is 4.98 Å². The molecule has 3 rings (SSSR count). The molecule has 31 heavy (non-hydrogen) atoms. The van der Waals surface area contributed by atoms with Gasteiger partial charge < -0.3 is 19.1 Å². The maximum Gasteiger partial charge on any atom is 0.358 e. The van der Waals surface area contributed by atoms with Crippen molar-refractivity contribution in [3.8, 4) is 22.1 Å². The molecule has 1 heterocycles. The molecule has 0 N–H and O–H groups in total. The Balaban J connectivity index is 1.68. The molecule has 0 aliphatic rings. The van der Waals surface area contributed by atoms with E-state index in [1.807, 2.05) is 50.2 Å². The van der Waals surface area contributed by atoms with Crippen LogP contribution in [0.5, 0.6) is 11.5 Å². The molecule has 7 nitrogen and oxygen atoms in total. The van der Waals surface area contributed by atoms with Crippen LogP contribution in [0, 0.1) is 0 Å². The van der Waals surface area contributed by atoms with Gasteiger partial charge in [-0.15, -0.1) is 11.3 Å². The van der Waals surface area contributed by atoms with Crippen LogP contribution in [0.1, 0.15) is 24.3 Å². The number of ether oxygens (including phenoxy) is 3. The predicted octanol–water partition coefficient (Wildman–Crippen LogP) is 4.43. The number of aromatic nitrogens is 1. The molecule has 162 valence electrons. The molecular weight excluding hydrogens is 416 g/mol. The second-order valence-corrected chi connectivity index (χ2v) is 7.73. The number of hydrogen-bond acceptors (Lipinski definition) is 7. The Bertz CT molecular complexity index is 1050. The Labute approximate surface area is 185 Å². The average Bonchev–Trinajstić information content (AvgIpc) is 3.28. The first kappa shape index (κ1) is 22.3. The minimum absolute atomic E-state index is 0.0791. The first-order valence-corrected chi connectivity index (χ1v) is 10.5. The molecule has 0 saturated carbocycles. The van der Waals surface area contributed by atoms with Crippen LogP contribution >= 0.6 is 11.3 Å². The standard InChI is InChI=1S/C23H24N2O5S/c1-15(2)25(17-8-6-5-7-9-17)21(26)13-30-23(27)18-14-31-22(24-18)16-10-11-19(28-3)20(12-16)29-4/h5-12,14-15H,13H2,1-4H3. The minimum Gasteiger partial charge on any atom is -0.493 e. The van der Waals surface area contributed by atoms with E-state index >= 15 is 0 Å². The maximum atomic E-state index is 12.7. The molecule has 0 aliphatic carbocycles. The fourth-order valence-electron chi connectivity index (χ4n) is 3.06. The van der Waals surface area contributed by atoms with Crippen LogP contribution in [0.3, 0.4) is 0 Å². The molecule has 1 aromatic heterocycles. The number of rotatable bonds is 8. The molecule has 0 spiro atoms. The monoisotopic (exact) mass is 440 g/mol. The largest absolute Gasteiger partial charge is 0.493 e. The van der Waals surface area contributed by atoms with Crippen molar-refractivity contribution < 1.29 is 23.8 Å². The van der Waals surface area contributed by atoms with Gasteiger partial charge in [0, 0.05) is 22.7 Å². The number of esters is 1. The molecule has 1 amide bonds. The van der Waals surface area contributed by atoms with Crippen molar-refractivity contribution in [2.75, 3.05) is 25.7 Å². The van der Waals surface area contributed by atoms with Crippen LogP contribution in [0.15, 0.2) is 53.9 Å². The van der Waals surface area contributed by atoms with Crippen LogP contribution in [0.25, 0.3) is 10.6 Å². The first-order valence-electron chi connectivity index (χ1n) is 9.66. The molecule has 3 aromatic rings. The van der Waals surface area contributed by atoms with Crippen molar-refractivity contribution in [3.05, 3.63) is 59.6 Å². The van der Waals surface area contributed by atoms with E-state index in [1.165, 1.54) is 11.3 Å². The van der Waals surface area contributed by atoms with Crippen LogP contribution in [-0.2, 0) is 9.53 Å². The zero-order valence-corrected chi connectivity index (χ0v) is 18.6. The maximum absolute atomic E-state index is 12.7. The smallest absolute Gasteiger partial charge is 0.358 e. The normalized spacial score (nSPS) is 10.6. The number of carbonyl (C=O) groups is 2. The van der Waals surface area contributed by atoms with Gasteiger partial charge in [-0.2, -0.15) is 0 Å². The third-order valence-electron chi connectivity index (χ3n) is 4.49. The summed E-state index contributed by atoms with van der Waals surface area (Å²) in [5, 5.41) is 2.24. The van der Waals surface area contributed by atoms with Gasteiger partial charge in [0.15, 0.2) is 23.8 Å². The van der Waals surface area contributed by atoms with Crippen molar-refractivity contribution in [3.63, 3.8) is 0 Å². The van der Waals surface area contributed by atoms with Crippen molar-refractivity contribution in [1.29, 1.82) is 0 Å². The summed E-state index contributed by atoms with van der Waals surface area (Å²) < 4.78 is 15.8. The molecule has 0 unspecified atom stereocenters. The van der Waals surface area contributed by atoms with E-state index in [9.17, 15) is 9.59 Å². The van der Waals surface area contributed by atoms with E-state index < -0.39 is 5.97 Å². The number of benzene rings is 2. The third kappa shape index (κ3) is 5.21. The number of anilines is 1. The number of thiazole rings is 1. The number of hydrogen-bond donors (Lipinski definition) is 0. The number of methoxy groups -OCH3 is 2. The van der Waals surface area contributed by atoms with Crippen LogP contribution in [0.4, 0.5) is 5.69 Å². The van der Waals surface area contributed by atoms with Crippen molar-refractivity contribution in [2.24, 2.45) is 0 Å². The average molecular weight is 441 g/mol. The summed E-state index contributed by atoms with van der Waals surface area (Å²) >= 11 is 1.30. The Kier molecular flexibility index (Phi) is 7.25. The van der Waals surface area contributed by atoms with Gasteiger partial charge >= 0.3 is 5.97 Å². The molecule has 0 aliphatic heterocycles. The summed E-state index contributed by atoms with van der Waals surface area (Å²) in [5.41, 5.74) is 1.69. The molecular formula is C23H24N2O5S. The Morgan fingerprint density at radius 2 is 1.74 bits per heavy atom. The van der Waals surface area contributed by atoms with Crippen LogP contribution in [-0.4, -0.2) is 43.7 Å². The number of nitrogens with zero attached hydrogens (tertiary/aromatic N) is 2. The van der Waals surface area contributed by atoms with E-state index in [1.54, 1.807) is 36.6 Å². The van der Waals surface area contributed by atoms with E-state index in [0.717, 1.165) is 11.3 Å². The quantitative estimate of drug-likeness (QED) is 0.483. The highest BCUT2D eigenvalue weighted by Crippen LogP contribution is 2.33. The summed E-state index contributed by atoms with van der Waals surface area (Å²) in [7, 11) is 3.12. The first-order chi connectivity index (χ1) is 14.9. The van der Waals surface area contributed by atoms with Crippen molar-refractivity contribution in [1.82, 2.24) is 4.98 Å². The van der Waals surface area contributed by atoms with Gasteiger partial charge in [-0.3, -0.25) is 4.79 Å². The molecule has 0 fully saturated rings. The SMILES string of the molecule is COc1ccc(-c2nc(C(=O)OCC(=O)N(c3ccccc3)C(C)C)cs2)cc1OC. The lowest BCUT2D eigenvalue weighted by Crippen LogP contribution is -2.39. The summed E-state index contributed by atoms with van der Waals surface area (Å²) in [6.45, 7) is 3.44. The fourth-order valence-corrected chi connectivity index (χ4v) is 3.85. The van der Waals surface area contributed by atoms with Gasteiger partial charge in [0.05, 0.1) is 14.2 Å². The summed E-state index contributed by atoms with van der Waals surface area (Å²) in [6, 6.07) is 14.6. The highest BCUT2D eigenvalue weighted by Gasteiger charge is 2.22. The zero-order valence-electron chi connectivity index (χ0n) is 17.8. The minimum atomic E-state index is -0.645. The van der Waals surface area contributed by atoms with Gasteiger partial charge in [0.1, 0.15) is 5.01 Å². The number of carbonyl (C=O) groups excluding carboxylic acids is 2. The van der Waals surface area contributed by atoms with Gasteiger partial charge in [-0.1, -0.05) is 18.2 Å². The summed E-state index contributed by atoms with van der Waals surface area (Å²) in [6.07, 6.45) is 0. The van der Waals surface area contributed by atoms with Gasteiger partial charge in [-0.05, 0) is 44.2 Å². The van der Waals surface area contributed by atoms with Crippen LogP contribution in [0.2, 0.25) is 0 Å². The van der Waals surface area contributed by atoms with Crippen molar-refractivity contribution in [2.45, 2.75) is 19.9 Å². The lowest BCUT2D eigenvalue weighted by Gasteiger charge is -2.26. The summed E-state index contributed by atoms with van der Waals surface area (Å²) in [4.78, 5) is 31.1. The van der Waals surface area contributed by atoms with Crippen molar-refractivity contribution >= 4 is 28.9 Å². The topological polar surface area (TPSA) is 78.0 Å². The fraction of sp³-hybridized carbons (Fsp3) is 0.261. The van der Waals surface area contributed by atoms with Gasteiger partial charge in [0.2, 0.25) is 0 Å². The van der Waals surface area contributed by atoms with Crippen LogP contribution < -0.4 is 14.4 Å². The second-order valence-electron chi connectivity index (χ2n) is 6.88. The molecule has 2 aromatic carbocycles. The Hall–Kier alpha value is -3.39. The van der Waals surface area contributed by atoms with Gasteiger partial charge in [0.25, 0.3) is 5.91 Å². The van der Waals surface area contributed by atoms with E-state index in [0.29, 0.717) is 16.5 Å². The number of amides is 1.